The fourth-order valence-corrected chi connectivity index (χ4v) is 3.34. The second-order valence-electron chi connectivity index (χ2n) is 6.33. The van der Waals surface area contributed by atoms with Gasteiger partial charge in [-0.3, -0.25) is 0 Å². The first-order chi connectivity index (χ1) is 11.4. The molecule has 0 spiro atoms. The zero-order valence-electron chi connectivity index (χ0n) is 13.4. The van der Waals surface area contributed by atoms with E-state index in [0.717, 1.165) is 62.3 Å². The van der Waals surface area contributed by atoms with Crippen molar-refractivity contribution < 1.29 is 0 Å². The fraction of sp³-hybridized carbons (Fsp3) is 0.625. The van der Waals surface area contributed by atoms with Crippen LogP contribution in [0.15, 0.2) is 12.4 Å². The average molecular weight is 313 g/mol. The summed E-state index contributed by atoms with van der Waals surface area (Å²) in [7, 11) is 0. The van der Waals surface area contributed by atoms with Crippen LogP contribution in [0.3, 0.4) is 0 Å². The normalized spacial score (nSPS) is 17.5. The molecule has 0 atom stereocenters. The minimum absolute atomic E-state index is 0.737. The minimum atomic E-state index is 0.737. The molecule has 122 valence electrons. The molecule has 0 radical (unpaired) electrons. The number of aryl methyl sites for hydroxylation is 1. The van der Waals surface area contributed by atoms with E-state index in [-0.39, 0.29) is 0 Å². The lowest BCUT2D eigenvalue weighted by Crippen LogP contribution is -2.21. The third kappa shape index (κ3) is 3.19. The lowest BCUT2D eigenvalue weighted by Gasteiger charge is -2.15. The highest BCUT2D eigenvalue weighted by atomic mass is 15.3. The first kappa shape index (κ1) is 14.6. The molecule has 4 rings (SSSR count). The highest BCUT2D eigenvalue weighted by molar-refractivity contribution is 5.30. The Kier molecular flexibility index (Phi) is 4.19. The van der Waals surface area contributed by atoms with Gasteiger partial charge in [-0.05, 0) is 25.7 Å². The first-order valence-corrected chi connectivity index (χ1v) is 8.58. The Morgan fingerprint density at radius 1 is 0.913 bits per heavy atom. The van der Waals surface area contributed by atoms with E-state index in [1.54, 1.807) is 0 Å². The highest BCUT2D eigenvalue weighted by Gasteiger charge is 2.16. The van der Waals surface area contributed by atoms with Gasteiger partial charge in [0.05, 0.1) is 6.54 Å². The number of hydrogen-bond acceptors (Lipinski definition) is 6. The van der Waals surface area contributed by atoms with Crippen LogP contribution in [0.5, 0.6) is 0 Å². The Bertz CT molecular complexity index is 643. The summed E-state index contributed by atoms with van der Waals surface area (Å²) in [4.78, 5) is 11.2. The molecule has 0 unspecified atom stereocenters. The Morgan fingerprint density at radius 3 is 2.52 bits per heavy atom. The third-order valence-electron chi connectivity index (χ3n) is 4.63. The molecule has 1 fully saturated rings. The number of rotatable bonds is 5. The predicted octanol–water partition coefficient (Wildman–Crippen LogP) is 1.29. The summed E-state index contributed by atoms with van der Waals surface area (Å²) in [6.45, 7) is 4.70. The molecule has 1 saturated heterocycles. The van der Waals surface area contributed by atoms with Gasteiger partial charge >= 0.3 is 0 Å². The van der Waals surface area contributed by atoms with Crippen molar-refractivity contribution >= 4 is 5.95 Å². The largest absolute Gasteiger partial charge is 0.341 e. The van der Waals surface area contributed by atoms with E-state index in [0.29, 0.717) is 0 Å². The van der Waals surface area contributed by atoms with Crippen LogP contribution in [0, 0.1) is 0 Å². The van der Waals surface area contributed by atoms with Crippen LogP contribution in [-0.4, -0.2) is 37.8 Å². The van der Waals surface area contributed by atoms with E-state index in [1.807, 2.05) is 12.4 Å². The number of nitrogens with zero attached hydrogens (tertiary/aromatic N) is 6. The van der Waals surface area contributed by atoms with Gasteiger partial charge in [-0.25, -0.2) is 9.97 Å². The average Bonchev–Trinajstić information content (AvgIpc) is 3.26. The van der Waals surface area contributed by atoms with Crippen LogP contribution in [0.4, 0.5) is 5.95 Å². The summed E-state index contributed by atoms with van der Waals surface area (Å²) >= 11 is 0. The third-order valence-corrected chi connectivity index (χ3v) is 4.63. The lowest BCUT2D eigenvalue weighted by atomic mass is 10.2. The molecule has 0 bridgehead atoms. The zero-order valence-corrected chi connectivity index (χ0v) is 13.4. The van der Waals surface area contributed by atoms with Crippen molar-refractivity contribution in [2.75, 3.05) is 18.0 Å². The molecule has 0 aliphatic carbocycles. The molecule has 1 N–H and O–H groups in total. The van der Waals surface area contributed by atoms with Crippen LogP contribution in [0.1, 0.15) is 42.9 Å². The molecule has 2 aliphatic rings. The smallest absolute Gasteiger partial charge is 0.225 e. The quantitative estimate of drug-likeness (QED) is 0.897. The summed E-state index contributed by atoms with van der Waals surface area (Å²) in [6.07, 6.45) is 9.85. The molecular formula is C16H23N7. The number of nitrogens with one attached hydrogen (secondary N) is 1. The lowest BCUT2D eigenvalue weighted by molar-refractivity contribution is 0.497. The Balaban J connectivity index is 1.31. The molecule has 23 heavy (non-hydrogen) atoms. The molecule has 2 aromatic rings. The van der Waals surface area contributed by atoms with Gasteiger partial charge in [0.25, 0.3) is 0 Å². The van der Waals surface area contributed by atoms with Crippen LogP contribution >= 0.6 is 0 Å². The molecule has 2 aromatic heterocycles. The number of hydrogen-bond donors (Lipinski definition) is 1. The van der Waals surface area contributed by atoms with Gasteiger partial charge in [-0.1, -0.05) is 0 Å². The van der Waals surface area contributed by atoms with Crippen LogP contribution in [0.2, 0.25) is 0 Å². The predicted molar refractivity (Wildman–Crippen MR) is 87.0 cm³/mol. The standard InChI is InChI=1S/C16H23N7/c1-2-8-23-14(5-1)20-21-15(23)12-17-9-13-10-18-16(19-11-13)22-6-3-4-7-22/h10-11,17H,1-9,12H2. The van der Waals surface area contributed by atoms with Gasteiger partial charge in [-0.15, -0.1) is 10.2 Å². The fourth-order valence-electron chi connectivity index (χ4n) is 3.34. The summed E-state index contributed by atoms with van der Waals surface area (Å²) in [5, 5.41) is 12.0. The van der Waals surface area contributed by atoms with Gasteiger partial charge in [0.2, 0.25) is 5.95 Å². The van der Waals surface area contributed by atoms with Gasteiger partial charge in [0.1, 0.15) is 11.6 Å². The van der Waals surface area contributed by atoms with Gasteiger partial charge in [0, 0.05) is 50.6 Å². The van der Waals surface area contributed by atoms with Crippen molar-refractivity contribution in [3.05, 3.63) is 29.6 Å². The Hall–Kier alpha value is -2.02. The molecule has 0 saturated carbocycles. The van der Waals surface area contributed by atoms with E-state index in [9.17, 15) is 0 Å². The number of anilines is 1. The van der Waals surface area contributed by atoms with Crippen molar-refractivity contribution in [2.24, 2.45) is 0 Å². The first-order valence-electron chi connectivity index (χ1n) is 8.58. The van der Waals surface area contributed by atoms with Crippen molar-refractivity contribution in [1.82, 2.24) is 30.0 Å². The topological polar surface area (TPSA) is 71.8 Å². The zero-order chi connectivity index (χ0) is 15.5. The van der Waals surface area contributed by atoms with E-state index in [2.05, 4.69) is 34.9 Å². The molecule has 0 amide bonds. The minimum Gasteiger partial charge on any atom is -0.341 e. The molecule has 2 aliphatic heterocycles. The van der Waals surface area contributed by atoms with Gasteiger partial charge < -0.3 is 14.8 Å². The second-order valence-corrected chi connectivity index (χ2v) is 6.33. The van der Waals surface area contributed by atoms with Crippen LogP contribution in [0.25, 0.3) is 0 Å². The Labute approximate surface area is 136 Å². The van der Waals surface area contributed by atoms with E-state index in [1.165, 1.54) is 25.7 Å². The number of aromatic nitrogens is 5. The van der Waals surface area contributed by atoms with Crippen molar-refractivity contribution in [1.29, 1.82) is 0 Å². The molecular weight excluding hydrogens is 290 g/mol. The Morgan fingerprint density at radius 2 is 1.70 bits per heavy atom. The summed E-state index contributed by atoms with van der Waals surface area (Å²) < 4.78 is 2.25. The monoisotopic (exact) mass is 313 g/mol. The maximum absolute atomic E-state index is 4.49. The van der Waals surface area contributed by atoms with Crippen LogP contribution < -0.4 is 10.2 Å². The molecule has 7 heteroatoms. The number of fused-ring (bicyclic) bond motifs is 1. The highest BCUT2D eigenvalue weighted by Crippen LogP contribution is 2.15. The van der Waals surface area contributed by atoms with E-state index < -0.39 is 0 Å². The second kappa shape index (κ2) is 6.62. The van der Waals surface area contributed by atoms with E-state index >= 15 is 0 Å². The van der Waals surface area contributed by atoms with Crippen molar-refractivity contribution in [3.8, 4) is 0 Å². The van der Waals surface area contributed by atoms with E-state index in [4.69, 9.17) is 0 Å². The molecule has 7 nitrogen and oxygen atoms in total. The summed E-state index contributed by atoms with van der Waals surface area (Å²) in [6, 6.07) is 0. The summed E-state index contributed by atoms with van der Waals surface area (Å²) in [5.41, 5.74) is 1.10. The van der Waals surface area contributed by atoms with Crippen LogP contribution in [-0.2, 0) is 26.1 Å². The van der Waals surface area contributed by atoms with Crippen molar-refractivity contribution in [2.45, 2.75) is 51.7 Å². The SMILES string of the molecule is c1nc(N2CCCC2)ncc1CNCc1nnc2n1CCCC2. The molecule has 4 heterocycles. The maximum Gasteiger partial charge on any atom is 0.225 e. The van der Waals surface area contributed by atoms with Gasteiger partial charge in [-0.2, -0.15) is 0 Å². The summed E-state index contributed by atoms with van der Waals surface area (Å²) in [5.74, 6) is 3.03. The van der Waals surface area contributed by atoms with Gasteiger partial charge in [0.15, 0.2) is 0 Å². The van der Waals surface area contributed by atoms with Crippen molar-refractivity contribution in [3.63, 3.8) is 0 Å². The maximum atomic E-state index is 4.49. The molecule has 0 aromatic carbocycles.